The summed E-state index contributed by atoms with van der Waals surface area (Å²) in [6.07, 6.45) is -2.17. The number of piperidine rings is 1. The predicted octanol–water partition coefficient (Wildman–Crippen LogP) is 1.55. The molecule has 0 bridgehead atoms. The maximum atomic E-state index is 12.9. The van der Waals surface area contributed by atoms with Gasteiger partial charge >= 0.3 is 12.1 Å². The lowest BCUT2D eigenvalue weighted by Gasteiger charge is -2.34. The van der Waals surface area contributed by atoms with E-state index >= 15 is 0 Å². The number of hydrogen-bond donors (Lipinski definition) is 1. The number of nitrogens with one attached hydrogen (secondary N) is 1. The highest BCUT2D eigenvalue weighted by Gasteiger charge is 2.46. The second kappa shape index (κ2) is 6.30. The van der Waals surface area contributed by atoms with Crippen molar-refractivity contribution in [2.75, 3.05) is 26.7 Å². The molecule has 2 heterocycles. The average molecular weight is 294 g/mol. The summed E-state index contributed by atoms with van der Waals surface area (Å²) >= 11 is 0. The van der Waals surface area contributed by atoms with Crippen molar-refractivity contribution >= 4 is 5.97 Å². The zero-order valence-corrected chi connectivity index (χ0v) is 11.6. The molecule has 1 N–H and O–H groups in total. The molecule has 2 fully saturated rings. The number of halogens is 3. The Morgan fingerprint density at radius 2 is 2.15 bits per heavy atom. The normalized spacial score (nSPS) is 32.3. The first-order valence-corrected chi connectivity index (χ1v) is 7.03. The van der Waals surface area contributed by atoms with Crippen LogP contribution in [0.2, 0.25) is 0 Å². The summed E-state index contributed by atoms with van der Waals surface area (Å²) in [5.41, 5.74) is 0. The summed E-state index contributed by atoms with van der Waals surface area (Å²) in [5, 5.41) is 3.21. The van der Waals surface area contributed by atoms with E-state index in [1.165, 1.54) is 12.0 Å². The monoisotopic (exact) mass is 294 g/mol. The third-order valence-corrected chi connectivity index (χ3v) is 4.23. The highest BCUT2D eigenvalue weighted by molar-refractivity contribution is 5.72. The van der Waals surface area contributed by atoms with Crippen LogP contribution in [0.5, 0.6) is 0 Å². The van der Waals surface area contributed by atoms with Gasteiger partial charge < -0.3 is 10.1 Å². The van der Waals surface area contributed by atoms with Crippen molar-refractivity contribution in [3.63, 3.8) is 0 Å². The molecular formula is C13H21F3N2O2. The Morgan fingerprint density at radius 3 is 2.80 bits per heavy atom. The van der Waals surface area contributed by atoms with E-state index in [4.69, 9.17) is 4.74 Å². The van der Waals surface area contributed by atoms with Gasteiger partial charge in [-0.05, 0) is 38.8 Å². The van der Waals surface area contributed by atoms with Gasteiger partial charge in [-0.25, -0.2) is 0 Å². The number of esters is 1. The molecule has 0 aromatic heterocycles. The van der Waals surface area contributed by atoms with E-state index in [2.05, 4.69) is 5.32 Å². The summed E-state index contributed by atoms with van der Waals surface area (Å²) in [6.45, 7) is 1.47. The second-order valence-electron chi connectivity index (χ2n) is 5.59. The number of likely N-dealkylation sites (tertiary alicyclic amines) is 1. The standard InChI is InChI=1S/C13H21F3N2O2/c1-20-12(19)9-4-5-17-10(7-9)8-18-6-2-3-11(18)13(14,15)16/h9-11,17H,2-8H2,1H3/t9?,10?,11-/m0/s1. The molecule has 0 spiro atoms. The molecule has 0 aromatic carbocycles. The summed E-state index contributed by atoms with van der Waals surface area (Å²) in [4.78, 5) is 13.0. The van der Waals surface area contributed by atoms with Crippen LogP contribution in [-0.4, -0.2) is 55.9 Å². The van der Waals surface area contributed by atoms with Gasteiger partial charge in [-0.2, -0.15) is 13.2 Å². The zero-order valence-electron chi connectivity index (χ0n) is 11.6. The van der Waals surface area contributed by atoms with E-state index in [1.807, 2.05) is 0 Å². The zero-order chi connectivity index (χ0) is 14.8. The Morgan fingerprint density at radius 1 is 1.40 bits per heavy atom. The molecule has 116 valence electrons. The number of methoxy groups -OCH3 is 1. The van der Waals surface area contributed by atoms with Gasteiger partial charge in [0.1, 0.15) is 6.04 Å². The minimum atomic E-state index is -4.16. The SMILES string of the molecule is COC(=O)C1CCNC(CN2CCC[C@H]2C(F)(F)F)C1. The quantitative estimate of drug-likeness (QED) is 0.802. The molecule has 20 heavy (non-hydrogen) atoms. The Bertz CT molecular complexity index is 349. The number of nitrogens with zero attached hydrogens (tertiary/aromatic N) is 1. The van der Waals surface area contributed by atoms with Crippen LogP contribution in [0.3, 0.4) is 0 Å². The molecule has 0 radical (unpaired) electrons. The van der Waals surface area contributed by atoms with Crippen molar-refractivity contribution in [2.45, 2.75) is 43.9 Å². The van der Waals surface area contributed by atoms with E-state index in [9.17, 15) is 18.0 Å². The highest BCUT2D eigenvalue weighted by Crippen LogP contribution is 2.33. The van der Waals surface area contributed by atoms with Gasteiger partial charge in [0.05, 0.1) is 13.0 Å². The van der Waals surface area contributed by atoms with Crippen molar-refractivity contribution < 1.29 is 22.7 Å². The molecule has 2 saturated heterocycles. The molecule has 2 unspecified atom stereocenters. The average Bonchev–Trinajstić information content (AvgIpc) is 2.86. The summed E-state index contributed by atoms with van der Waals surface area (Å²) in [6, 6.07) is -1.40. The molecule has 7 heteroatoms. The smallest absolute Gasteiger partial charge is 0.404 e. The fraction of sp³-hybridized carbons (Fsp3) is 0.923. The Balaban J connectivity index is 1.91. The van der Waals surface area contributed by atoms with Gasteiger partial charge in [-0.3, -0.25) is 9.69 Å². The van der Waals surface area contributed by atoms with Crippen LogP contribution in [0.15, 0.2) is 0 Å². The largest absolute Gasteiger partial charge is 0.469 e. The first kappa shape index (κ1) is 15.6. The molecular weight excluding hydrogens is 273 g/mol. The lowest BCUT2D eigenvalue weighted by atomic mass is 9.92. The molecule has 2 aliphatic rings. The first-order valence-electron chi connectivity index (χ1n) is 7.03. The minimum absolute atomic E-state index is 0.0733. The van der Waals surface area contributed by atoms with Gasteiger partial charge in [0.15, 0.2) is 0 Å². The summed E-state index contributed by atoms with van der Waals surface area (Å²) in [5.74, 6) is -0.455. The van der Waals surface area contributed by atoms with Crippen molar-refractivity contribution in [2.24, 2.45) is 5.92 Å². The molecule has 0 amide bonds. The van der Waals surface area contributed by atoms with Crippen LogP contribution < -0.4 is 5.32 Å². The van der Waals surface area contributed by atoms with Gasteiger partial charge in [0, 0.05) is 12.6 Å². The van der Waals surface area contributed by atoms with Gasteiger partial charge in [0.25, 0.3) is 0 Å². The molecule has 0 saturated carbocycles. The van der Waals surface area contributed by atoms with Gasteiger partial charge in [0.2, 0.25) is 0 Å². The predicted molar refractivity (Wildman–Crippen MR) is 67.2 cm³/mol. The molecule has 4 nitrogen and oxygen atoms in total. The Kier molecular flexibility index (Phi) is 4.90. The molecule has 2 aliphatic heterocycles. The number of rotatable bonds is 3. The van der Waals surface area contributed by atoms with Crippen molar-refractivity contribution in [3.8, 4) is 0 Å². The number of hydrogen-bond acceptors (Lipinski definition) is 4. The van der Waals surface area contributed by atoms with E-state index in [1.54, 1.807) is 0 Å². The van der Waals surface area contributed by atoms with Crippen LogP contribution in [0, 0.1) is 5.92 Å². The van der Waals surface area contributed by atoms with E-state index in [-0.39, 0.29) is 24.3 Å². The van der Waals surface area contributed by atoms with E-state index in [0.29, 0.717) is 38.9 Å². The Labute approximate surface area is 116 Å². The van der Waals surface area contributed by atoms with Crippen LogP contribution in [0.4, 0.5) is 13.2 Å². The lowest BCUT2D eigenvalue weighted by molar-refractivity contribution is -0.177. The third-order valence-electron chi connectivity index (χ3n) is 4.23. The van der Waals surface area contributed by atoms with Gasteiger partial charge in [-0.1, -0.05) is 0 Å². The third kappa shape index (κ3) is 3.63. The fourth-order valence-corrected chi connectivity index (χ4v) is 3.22. The van der Waals surface area contributed by atoms with Crippen LogP contribution in [0.1, 0.15) is 25.7 Å². The maximum Gasteiger partial charge on any atom is 0.404 e. The Hall–Kier alpha value is -0.820. The summed E-state index contributed by atoms with van der Waals surface area (Å²) < 4.78 is 43.4. The fourth-order valence-electron chi connectivity index (χ4n) is 3.22. The summed E-state index contributed by atoms with van der Waals surface area (Å²) in [7, 11) is 1.35. The minimum Gasteiger partial charge on any atom is -0.469 e. The van der Waals surface area contributed by atoms with Gasteiger partial charge in [-0.15, -0.1) is 0 Å². The van der Waals surface area contributed by atoms with Crippen LogP contribution >= 0.6 is 0 Å². The molecule has 0 aliphatic carbocycles. The van der Waals surface area contributed by atoms with Crippen LogP contribution in [0.25, 0.3) is 0 Å². The number of alkyl halides is 3. The molecule has 2 rings (SSSR count). The van der Waals surface area contributed by atoms with Crippen molar-refractivity contribution in [3.05, 3.63) is 0 Å². The van der Waals surface area contributed by atoms with E-state index in [0.717, 1.165) is 0 Å². The number of carbonyl (C=O) groups is 1. The topological polar surface area (TPSA) is 41.6 Å². The van der Waals surface area contributed by atoms with Crippen LogP contribution in [-0.2, 0) is 9.53 Å². The number of carbonyl (C=O) groups excluding carboxylic acids is 1. The highest BCUT2D eigenvalue weighted by atomic mass is 19.4. The second-order valence-corrected chi connectivity index (χ2v) is 5.59. The van der Waals surface area contributed by atoms with E-state index < -0.39 is 12.2 Å². The van der Waals surface area contributed by atoms with Crippen molar-refractivity contribution in [1.82, 2.24) is 10.2 Å². The number of ether oxygens (including phenoxy) is 1. The maximum absolute atomic E-state index is 12.9. The lowest BCUT2D eigenvalue weighted by Crippen LogP contribution is -2.51. The molecule has 3 atom stereocenters. The molecule has 0 aromatic rings. The first-order chi connectivity index (χ1) is 9.41. The van der Waals surface area contributed by atoms with Crippen molar-refractivity contribution in [1.29, 1.82) is 0 Å².